The first-order valence-corrected chi connectivity index (χ1v) is 10.4. The van der Waals surface area contributed by atoms with Crippen molar-refractivity contribution in [1.82, 2.24) is 25.4 Å². The number of hydrogen-bond donors (Lipinski definition) is 2. The second kappa shape index (κ2) is 9.51. The van der Waals surface area contributed by atoms with Crippen molar-refractivity contribution in [2.24, 2.45) is 0 Å². The van der Waals surface area contributed by atoms with Gasteiger partial charge in [0.1, 0.15) is 0 Å². The Morgan fingerprint density at radius 1 is 1.06 bits per heavy atom. The SMILES string of the molecule is COc1ccc(-c2n[nH]c(C(=O)NCCc3ccc(C(=O)N4CCC4)cc3)n2)cc1OC. The zero-order valence-electron chi connectivity index (χ0n) is 18.1. The summed E-state index contributed by atoms with van der Waals surface area (Å²) in [4.78, 5) is 30.7. The van der Waals surface area contributed by atoms with Crippen LogP contribution in [0, 0.1) is 0 Å². The Labute approximate surface area is 185 Å². The molecule has 1 aromatic heterocycles. The molecule has 2 N–H and O–H groups in total. The van der Waals surface area contributed by atoms with Crippen LogP contribution in [0.15, 0.2) is 42.5 Å². The number of likely N-dealkylation sites (tertiary alicyclic amines) is 1. The molecule has 166 valence electrons. The van der Waals surface area contributed by atoms with Crippen molar-refractivity contribution in [3.63, 3.8) is 0 Å². The zero-order valence-corrected chi connectivity index (χ0v) is 18.1. The van der Waals surface area contributed by atoms with Crippen molar-refractivity contribution in [3.8, 4) is 22.9 Å². The van der Waals surface area contributed by atoms with E-state index >= 15 is 0 Å². The summed E-state index contributed by atoms with van der Waals surface area (Å²) in [7, 11) is 3.12. The van der Waals surface area contributed by atoms with Crippen LogP contribution in [0.1, 0.15) is 33.0 Å². The van der Waals surface area contributed by atoms with E-state index in [-0.39, 0.29) is 17.6 Å². The summed E-state index contributed by atoms with van der Waals surface area (Å²) in [5, 5.41) is 9.63. The van der Waals surface area contributed by atoms with E-state index in [0.717, 1.165) is 25.1 Å². The Morgan fingerprint density at radius 2 is 1.81 bits per heavy atom. The van der Waals surface area contributed by atoms with Crippen LogP contribution < -0.4 is 14.8 Å². The van der Waals surface area contributed by atoms with Gasteiger partial charge in [-0.15, -0.1) is 0 Å². The lowest BCUT2D eigenvalue weighted by Gasteiger charge is -2.30. The highest BCUT2D eigenvalue weighted by molar-refractivity contribution is 5.94. The van der Waals surface area contributed by atoms with Gasteiger partial charge in [0, 0.05) is 30.8 Å². The van der Waals surface area contributed by atoms with Gasteiger partial charge in [-0.05, 0) is 48.7 Å². The highest BCUT2D eigenvalue weighted by atomic mass is 16.5. The molecule has 1 saturated heterocycles. The number of methoxy groups -OCH3 is 2. The number of rotatable bonds is 8. The van der Waals surface area contributed by atoms with E-state index in [9.17, 15) is 9.59 Å². The average Bonchev–Trinajstić information content (AvgIpc) is 3.28. The van der Waals surface area contributed by atoms with Crippen LogP contribution in [-0.2, 0) is 6.42 Å². The first-order chi connectivity index (χ1) is 15.6. The van der Waals surface area contributed by atoms with Gasteiger partial charge in [0.15, 0.2) is 17.3 Å². The maximum absolute atomic E-state index is 12.4. The number of nitrogens with zero attached hydrogens (tertiary/aromatic N) is 3. The quantitative estimate of drug-likeness (QED) is 0.562. The third-order valence-corrected chi connectivity index (χ3v) is 5.39. The van der Waals surface area contributed by atoms with Gasteiger partial charge in [0.25, 0.3) is 11.8 Å². The maximum atomic E-state index is 12.4. The summed E-state index contributed by atoms with van der Waals surface area (Å²) in [6.07, 6.45) is 1.71. The van der Waals surface area contributed by atoms with E-state index in [2.05, 4.69) is 20.5 Å². The second-order valence-electron chi connectivity index (χ2n) is 7.43. The van der Waals surface area contributed by atoms with Gasteiger partial charge in [-0.1, -0.05) is 12.1 Å². The molecule has 1 aliphatic heterocycles. The van der Waals surface area contributed by atoms with Crippen molar-refractivity contribution >= 4 is 11.8 Å². The summed E-state index contributed by atoms with van der Waals surface area (Å²) in [6.45, 7) is 2.11. The molecule has 32 heavy (non-hydrogen) atoms. The highest BCUT2D eigenvalue weighted by Gasteiger charge is 2.21. The van der Waals surface area contributed by atoms with Crippen molar-refractivity contribution in [2.75, 3.05) is 33.9 Å². The Hall–Kier alpha value is -3.88. The van der Waals surface area contributed by atoms with Crippen LogP contribution in [0.4, 0.5) is 0 Å². The summed E-state index contributed by atoms with van der Waals surface area (Å²) in [6, 6.07) is 12.8. The molecule has 1 fully saturated rings. The summed E-state index contributed by atoms with van der Waals surface area (Å²) < 4.78 is 10.5. The van der Waals surface area contributed by atoms with Gasteiger partial charge >= 0.3 is 0 Å². The lowest BCUT2D eigenvalue weighted by Crippen LogP contribution is -2.41. The van der Waals surface area contributed by atoms with E-state index in [1.807, 2.05) is 29.2 Å². The normalized spacial score (nSPS) is 12.8. The minimum absolute atomic E-state index is 0.0757. The van der Waals surface area contributed by atoms with E-state index < -0.39 is 0 Å². The molecule has 2 amide bonds. The highest BCUT2D eigenvalue weighted by Crippen LogP contribution is 2.30. The number of hydrogen-bond acceptors (Lipinski definition) is 6. The fourth-order valence-corrected chi connectivity index (χ4v) is 3.39. The molecule has 0 aliphatic carbocycles. The predicted octanol–water partition coefficient (Wildman–Crippen LogP) is 2.31. The number of carbonyl (C=O) groups excluding carboxylic acids is 2. The number of H-pyrrole nitrogens is 1. The monoisotopic (exact) mass is 435 g/mol. The van der Waals surface area contributed by atoms with Gasteiger partial charge < -0.3 is 19.7 Å². The van der Waals surface area contributed by atoms with E-state index in [0.29, 0.717) is 41.4 Å². The number of benzene rings is 2. The van der Waals surface area contributed by atoms with Crippen LogP contribution in [0.3, 0.4) is 0 Å². The zero-order chi connectivity index (χ0) is 22.5. The fraction of sp³-hybridized carbons (Fsp3) is 0.304. The van der Waals surface area contributed by atoms with Crippen LogP contribution in [0.2, 0.25) is 0 Å². The van der Waals surface area contributed by atoms with Crippen molar-refractivity contribution in [1.29, 1.82) is 0 Å². The van der Waals surface area contributed by atoms with Gasteiger partial charge in [-0.25, -0.2) is 4.98 Å². The molecule has 9 nitrogen and oxygen atoms in total. The third-order valence-electron chi connectivity index (χ3n) is 5.39. The lowest BCUT2D eigenvalue weighted by atomic mass is 10.1. The fourth-order valence-electron chi connectivity index (χ4n) is 3.39. The molecule has 0 radical (unpaired) electrons. The summed E-state index contributed by atoms with van der Waals surface area (Å²) in [5.74, 6) is 1.41. The number of amides is 2. The van der Waals surface area contributed by atoms with Crippen LogP contribution in [0.25, 0.3) is 11.4 Å². The largest absolute Gasteiger partial charge is 0.493 e. The average molecular weight is 435 g/mol. The number of aromatic amines is 1. The third kappa shape index (κ3) is 4.56. The summed E-state index contributed by atoms with van der Waals surface area (Å²) >= 11 is 0. The number of carbonyl (C=O) groups is 2. The smallest absolute Gasteiger partial charge is 0.288 e. The van der Waals surface area contributed by atoms with Crippen LogP contribution in [0.5, 0.6) is 11.5 Å². The second-order valence-corrected chi connectivity index (χ2v) is 7.43. The molecular formula is C23H25N5O4. The van der Waals surface area contributed by atoms with E-state index in [4.69, 9.17) is 9.47 Å². The molecule has 0 saturated carbocycles. The molecule has 4 rings (SSSR count). The number of aromatic nitrogens is 3. The minimum Gasteiger partial charge on any atom is -0.493 e. The molecule has 1 aliphatic rings. The molecular weight excluding hydrogens is 410 g/mol. The summed E-state index contributed by atoms with van der Waals surface area (Å²) in [5.41, 5.74) is 2.43. The van der Waals surface area contributed by atoms with E-state index in [1.54, 1.807) is 32.4 Å². The standard InChI is InChI=1S/C23H25N5O4/c1-31-18-9-8-17(14-19(18)32-2)20-25-21(27-26-20)22(29)24-11-10-15-4-6-16(7-5-15)23(30)28-12-3-13-28/h4-9,14H,3,10-13H2,1-2H3,(H,24,29)(H,25,26,27). The number of ether oxygens (including phenoxy) is 2. The molecule has 2 aromatic carbocycles. The van der Waals surface area contributed by atoms with Gasteiger partial charge in [-0.3, -0.25) is 14.7 Å². The maximum Gasteiger partial charge on any atom is 0.288 e. The van der Waals surface area contributed by atoms with Gasteiger partial charge in [0.2, 0.25) is 5.82 Å². The number of nitrogens with one attached hydrogen (secondary N) is 2. The van der Waals surface area contributed by atoms with Crippen LogP contribution >= 0.6 is 0 Å². The first-order valence-electron chi connectivity index (χ1n) is 10.4. The lowest BCUT2D eigenvalue weighted by molar-refractivity contribution is 0.0651. The Bertz CT molecular complexity index is 1110. The predicted molar refractivity (Wildman–Crippen MR) is 118 cm³/mol. The molecule has 0 bridgehead atoms. The molecule has 9 heteroatoms. The Kier molecular flexibility index (Phi) is 6.34. The minimum atomic E-state index is -0.339. The molecule has 0 spiro atoms. The molecule has 0 unspecified atom stereocenters. The van der Waals surface area contributed by atoms with Crippen molar-refractivity contribution in [3.05, 3.63) is 59.4 Å². The topological polar surface area (TPSA) is 109 Å². The van der Waals surface area contributed by atoms with E-state index in [1.165, 1.54) is 0 Å². The van der Waals surface area contributed by atoms with Crippen molar-refractivity contribution in [2.45, 2.75) is 12.8 Å². The van der Waals surface area contributed by atoms with Gasteiger partial charge in [0.05, 0.1) is 14.2 Å². The molecule has 2 heterocycles. The van der Waals surface area contributed by atoms with Crippen LogP contribution in [-0.4, -0.2) is 65.7 Å². The first kappa shape index (κ1) is 21.4. The molecule has 3 aromatic rings. The molecule has 0 atom stereocenters. The van der Waals surface area contributed by atoms with Crippen molar-refractivity contribution < 1.29 is 19.1 Å². The Balaban J connectivity index is 1.31. The Morgan fingerprint density at radius 3 is 2.47 bits per heavy atom. The van der Waals surface area contributed by atoms with Gasteiger partial charge in [-0.2, -0.15) is 5.10 Å².